The summed E-state index contributed by atoms with van der Waals surface area (Å²) in [5.74, 6) is 0.0347. The average molecular weight is 411 g/mol. The van der Waals surface area contributed by atoms with Crippen LogP contribution in [0.3, 0.4) is 0 Å². The van der Waals surface area contributed by atoms with E-state index >= 15 is 0 Å². The third-order valence-electron chi connectivity index (χ3n) is 5.08. The molecule has 149 valence electrons. The fraction of sp³-hybridized carbons (Fsp3) is 0.300. The monoisotopic (exact) mass is 411 g/mol. The highest BCUT2D eigenvalue weighted by atomic mass is 32.1. The molecule has 3 aromatic rings. The summed E-state index contributed by atoms with van der Waals surface area (Å²) >= 11 is 1.44. The van der Waals surface area contributed by atoms with Crippen molar-refractivity contribution in [2.75, 3.05) is 11.9 Å². The third-order valence-corrected chi connectivity index (χ3v) is 6.10. The van der Waals surface area contributed by atoms with Gasteiger partial charge in [0.05, 0.1) is 12.2 Å². The molecule has 3 aromatic heterocycles. The molecule has 1 aliphatic rings. The van der Waals surface area contributed by atoms with Gasteiger partial charge in [0.2, 0.25) is 5.91 Å². The lowest BCUT2D eigenvalue weighted by Gasteiger charge is -2.41. The number of nitrogens with one attached hydrogen (secondary N) is 2. The molecule has 1 fully saturated rings. The average Bonchev–Trinajstić information content (AvgIpc) is 3.16. The number of anilines is 1. The van der Waals surface area contributed by atoms with E-state index in [-0.39, 0.29) is 17.1 Å². The van der Waals surface area contributed by atoms with Gasteiger partial charge in [-0.05, 0) is 37.1 Å². The molecule has 0 aliphatic heterocycles. The topological polar surface area (TPSA) is 92.7 Å². The van der Waals surface area contributed by atoms with E-state index in [9.17, 15) is 9.18 Å². The second kappa shape index (κ2) is 8.20. The van der Waals surface area contributed by atoms with Gasteiger partial charge >= 0.3 is 0 Å². The maximum atomic E-state index is 14.2. The van der Waals surface area contributed by atoms with E-state index in [1.54, 1.807) is 18.5 Å². The molecule has 29 heavy (non-hydrogen) atoms. The number of hydrogen-bond acceptors (Lipinski definition) is 7. The SMILES string of the molecule is [CH2]C(=O)NCc1cnc(-c2ccc(NCC3(c4ncccc4F)CCC3)nn2)s1. The van der Waals surface area contributed by atoms with Gasteiger partial charge in [-0.25, -0.2) is 9.37 Å². The zero-order chi connectivity index (χ0) is 20.3. The second-order valence-electron chi connectivity index (χ2n) is 7.03. The summed E-state index contributed by atoms with van der Waals surface area (Å²) in [6.45, 7) is 4.22. The van der Waals surface area contributed by atoms with E-state index in [2.05, 4.69) is 37.7 Å². The minimum absolute atomic E-state index is 0.259. The van der Waals surface area contributed by atoms with Crippen LogP contribution >= 0.6 is 11.3 Å². The smallest absolute Gasteiger partial charge is 0.220 e. The molecular weight excluding hydrogens is 391 g/mol. The lowest BCUT2D eigenvalue weighted by atomic mass is 9.66. The first-order valence-electron chi connectivity index (χ1n) is 9.29. The van der Waals surface area contributed by atoms with Gasteiger partial charge in [0.15, 0.2) is 0 Å². The van der Waals surface area contributed by atoms with Crippen molar-refractivity contribution in [3.05, 3.63) is 60.0 Å². The highest BCUT2D eigenvalue weighted by Gasteiger charge is 2.41. The first kappa shape index (κ1) is 19.4. The van der Waals surface area contributed by atoms with E-state index in [0.717, 1.165) is 29.1 Å². The molecule has 1 saturated carbocycles. The fourth-order valence-electron chi connectivity index (χ4n) is 3.37. The summed E-state index contributed by atoms with van der Waals surface area (Å²) in [6.07, 6.45) is 6.18. The standard InChI is InChI=1S/C20H20FN6OS/c1-13(28)23-10-14-11-24-19(29-14)16-5-6-17(27-26-16)25-12-20(7-3-8-20)18-15(21)4-2-9-22-18/h2,4-6,9,11H,1,3,7-8,10,12H2,(H,23,28)(H,25,27). The van der Waals surface area contributed by atoms with Crippen molar-refractivity contribution in [3.8, 4) is 10.7 Å². The summed E-state index contributed by atoms with van der Waals surface area (Å²) in [7, 11) is 0. The summed E-state index contributed by atoms with van der Waals surface area (Å²) in [5.41, 5.74) is 0.879. The highest BCUT2D eigenvalue weighted by molar-refractivity contribution is 7.15. The number of halogens is 1. The Labute approximate surface area is 171 Å². The van der Waals surface area contributed by atoms with Crippen molar-refractivity contribution in [3.63, 3.8) is 0 Å². The summed E-state index contributed by atoms with van der Waals surface area (Å²) < 4.78 is 14.2. The Bertz CT molecular complexity index is 1000. The van der Waals surface area contributed by atoms with Crippen LogP contribution in [0.15, 0.2) is 36.7 Å². The Kier molecular flexibility index (Phi) is 5.48. The number of carbonyl (C=O) groups excluding carboxylic acids is 1. The van der Waals surface area contributed by atoms with Gasteiger partial charge in [-0.2, -0.15) is 0 Å². The molecule has 2 N–H and O–H groups in total. The predicted molar refractivity (Wildman–Crippen MR) is 109 cm³/mol. The van der Waals surface area contributed by atoms with Crippen molar-refractivity contribution >= 4 is 23.1 Å². The maximum absolute atomic E-state index is 14.2. The van der Waals surface area contributed by atoms with Crippen LogP contribution in [0.1, 0.15) is 29.8 Å². The molecule has 3 heterocycles. The Hall–Kier alpha value is -2.94. The summed E-state index contributed by atoms with van der Waals surface area (Å²) in [6, 6.07) is 6.75. The van der Waals surface area contributed by atoms with Crippen LogP contribution in [0, 0.1) is 12.7 Å². The first-order chi connectivity index (χ1) is 14.1. The van der Waals surface area contributed by atoms with Gasteiger partial charge in [-0.1, -0.05) is 6.42 Å². The molecule has 4 rings (SSSR count). The van der Waals surface area contributed by atoms with Crippen LogP contribution in [-0.4, -0.2) is 32.6 Å². The lowest BCUT2D eigenvalue weighted by Crippen LogP contribution is -2.42. The third kappa shape index (κ3) is 4.24. The molecule has 1 radical (unpaired) electrons. The van der Waals surface area contributed by atoms with Crippen molar-refractivity contribution in [1.82, 2.24) is 25.5 Å². The molecule has 0 unspecified atom stereocenters. The molecule has 1 amide bonds. The number of rotatable bonds is 7. The Morgan fingerprint density at radius 2 is 2.10 bits per heavy atom. The zero-order valence-corrected chi connectivity index (χ0v) is 16.5. The van der Waals surface area contributed by atoms with Crippen molar-refractivity contribution < 1.29 is 9.18 Å². The number of pyridine rings is 1. The molecule has 0 spiro atoms. The normalized spacial score (nSPS) is 14.8. The van der Waals surface area contributed by atoms with Gasteiger partial charge in [0.1, 0.15) is 22.3 Å². The molecule has 1 aliphatic carbocycles. The van der Waals surface area contributed by atoms with Crippen LogP contribution in [-0.2, 0) is 16.8 Å². The van der Waals surface area contributed by atoms with E-state index in [1.807, 2.05) is 12.1 Å². The summed E-state index contributed by atoms with van der Waals surface area (Å²) in [4.78, 5) is 20.4. The summed E-state index contributed by atoms with van der Waals surface area (Å²) in [5, 5.41) is 15.1. The minimum atomic E-state index is -0.329. The van der Waals surface area contributed by atoms with Crippen LogP contribution in [0.4, 0.5) is 10.2 Å². The molecule has 9 heteroatoms. The van der Waals surface area contributed by atoms with Crippen LogP contribution < -0.4 is 10.6 Å². The minimum Gasteiger partial charge on any atom is -0.368 e. The van der Waals surface area contributed by atoms with Gasteiger partial charge in [-0.15, -0.1) is 21.5 Å². The largest absolute Gasteiger partial charge is 0.368 e. The fourth-order valence-corrected chi connectivity index (χ4v) is 4.19. The number of carbonyl (C=O) groups is 1. The van der Waals surface area contributed by atoms with Gasteiger partial charge in [-0.3, -0.25) is 9.78 Å². The molecule has 0 bridgehead atoms. The number of nitrogens with zero attached hydrogens (tertiary/aromatic N) is 4. The van der Waals surface area contributed by atoms with Crippen molar-refractivity contribution in [2.24, 2.45) is 0 Å². The highest BCUT2D eigenvalue weighted by Crippen LogP contribution is 2.43. The van der Waals surface area contributed by atoms with E-state index < -0.39 is 0 Å². The van der Waals surface area contributed by atoms with Crippen LogP contribution in [0.5, 0.6) is 0 Å². The van der Waals surface area contributed by atoms with Crippen molar-refractivity contribution in [1.29, 1.82) is 0 Å². The number of aromatic nitrogens is 4. The Morgan fingerprint density at radius 3 is 2.76 bits per heavy atom. The van der Waals surface area contributed by atoms with Crippen LogP contribution in [0.2, 0.25) is 0 Å². The lowest BCUT2D eigenvalue weighted by molar-refractivity contribution is -0.116. The Morgan fingerprint density at radius 1 is 1.24 bits per heavy atom. The zero-order valence-electron chi connectivity index (χ0n) is 15.7. The molecular formula is C20H20FN6OS. The van der Waals surface area contributed by atoms with E-state index in [1.165, 1.54) is 17.4 Å². The second-order valence-corrected chi connectivity index (χ2v) is 8.15. The number of amides is 1. The Balaban J connectivity index is 1.41. The molecule has 0 atom stereocenters. The van der Waals surface area contributed by atoms with Gasteiger partial charge < -0.3 is 10.6 Å². The van der Waals surface area contributed by atoms with E-state index in [0.29, 0.717) is 30.3 Å². The van der Waals surface area contributed by atoms with Gasteiger partial charge in [0, 0.05) is 36.2 Å². The van der Waals surface area contributed by atoms with Gasteiger partial charge in [0.25, 0.3) is 0 Å². The molecule has 0 aromatic carbocycles. The van der Waals surface area contributed by atoms with Crippen LogP contribution in [0.25, 0.3) is 10.7 Å². The van der Waals surface area contributed by atoms with E-state index in [4.69, 9.17) is 0 Å². The first-order valence-corrected chi connectivity index (χ1v) is 10.1. The maximum Gasteiger partial charge on any atom is 0.220 e. The number of hydrogen-bond donors (Lipinski definition) is 2. The molecule has 0 saturated heterocycles. The predicted octanol–water partition coefficient (Wildman–Crippen LogP) is 3.12. The molecule has 7 nitrogen and oxygen atoms in total. The number of thiazole rings is 1. The quantitative estimate of drug-likeness (QED) is 0.621. The van der Waals surface area contributed by atoms with Crippen molar-refractivity contribution in [2.45, 2.75) is 31.2 Å².